The van der Waals surface area contributed by atoms with Crippen molar-refractivity contribution < 1.29 is 66.3 Å². The average Bonchev–Trinajstić information content (AvgIpc) is 3.73. The van der Waals surface area contributed by atoms with E-state index < -0.39 is 105 Å². The number of cyclic esters (lactones) is 2. The van der Waals surface area contributed by atoms with Crippen molar-refractivity contribution in [1.29, 1.82) is 0 Å². The Morgan fingerprint density at radius 1 is 0.940 bits per heavy atom. The molecular formula is C36H40O14. The van der Waals surface area contributed by atoms with Crippen LogP contribution in [0.1, 0.15) is 85.8 Å². The average molecular weight is 697 g/mol. The number of hydrogen-bond donors (Lipinski definition) is 0. The quantitative estimate of drug-likeness (QED) is 0.324. The van der Waals surface area contributed by atoms with Gasteiger partial charge in [0.15, 0.2) is 17.8 Å². The number of esters is 5. The summed E-state index contributed by atoms with van der Waals surface area (Å²) in [4.78, 5) is 67.9. The van der Waals surface area contributed by atoms with Crippen molar-refractivity contribution in [3.63, 3.8) is 0 Å². The normalized spacial score (nSPS) is 50.0. The van der Waals surface area contributed by atoms with Crippen molar-refractivity contribution in [3.8, 4) is 0 Å². The first-order valence-electron chi connectivity index (χ1n) is 17.2. The van der Waals surface area contributed by atoms with Crippen molar-refractivity contribution in [2.45, 2.75) is 121 Å². The second kappa shape index (κ2) is 9.18. The largest absolute Gasteiger partial charge is 0.472 e. The lowest BCUT2D eigenvalue weighted by Crippen LogP contribution is -2.94. The van der Waals surface area contributed by atoms with Crippen LogP contribution < -0.4 is 0 Å². The summed E-state index contributed by atoms with van der Waals surface area (Å²) >= 11 is 0. The summed E-state index contributed by atoms with van der Waals surface area (Å²) in [5.74, 6) is -6.37. The van der Waals surface area contributed by atoms with Crippen LogP contribution in [0.15, 0.2) is 34.7 Å². The Morgan fingerprint density at radius 2 is 1.68 bits per heavy atom. The molecule has 5 heterocycles. The molecule has 14 heteroatoms. The first-order valence-corrected chi connectivity index (χ1v) is 17.2. The second-order valence-electron chi connectivity index (χ2n) is 16.3. The molecule has 8 aliphatic rings. The van der Waals surface area contributed by atoms with E-state index in [1.807, 2.05) is 13.8 Å². The van der Waals surface area contributed by atoms with Crippen LogP contribution in [-0.2, 0) is 61.9 Å². The summed E-state index contributed by atoms with van der Waals surface area (Å²) < 4.78 is 58.4. The molecule has 14 nitrogen and oxygen atoms in total. The van der Waals surface area contributed by atoms with Crippen LogP contribution in [0.4, 0.5) is 0 Å². The molecule has 0 radical (unpaired) electrons. The minimum Gasteiger partial charge on any atom is -0.472 e. The Bertz CT molecular complexity index is 1820. The van der Waals surface area contributed by atoms with E-state index in [1.54, 1.807) is 26.8 Å². The van der Waals surface area contributed by atoms with E-state index in [1.165, 1.54) is 32.4 Å². The molecule has 0 aromatic carbocycles. The zero-order chi connectivity index (χ0) is 35.7. The lowest BCUT2D eigenvalue weighted by atomic mass is 9.34. The van der Waals surface area contributed by atoms with Crippen molar-refractivity contribution in [2.24, 2.45) is 28.1 Å². The Morgan fingerprint density at radius 3 is 2.34 bits per heavy atom. The van der Waals surface area contributed by atoms with Gasteiger partial charge in [-0.2, -0.15) is 0 Å². The highest BCUT2D eigenvalue weighted by atomic mass is 16.9. The topological polar surface area (TPSA) is 172 Å². The predicted molar refractivity (Wildman–Crippen MR) is 162 cm³/mol. The van der Waals surface area contributed by atoms with Gasteiger partial charge in [0.05, 0.1) is 23.9 Å². The maximum atomic E-state index is 14.1. The molecule has 4 unspecified atom stereocenters. The smallest absolute Gasteiger partial charge is 0.331 e. The third kappa shape index (κ3) is 3.11. The van der Waals surface area contributed by atoms with Gasteiger partial charge < -0.3 is 42.3 Å². The molecule has 0 N–H and O–H groups in total. The van der Waals surface area contributed by atoms with Crippen LogP contribution in [0, 0.1) is 28.1 Å². The summed E-state index contributed by atoms with van der Waals surface area (Å²) in [6.07, 6.45) is 1.27. The highest BCUT2D eigenvalue weighted by Gasteiger charge is 3.06. The van der Waals surface area contributed by atoms with Crippen LogP contribution in [0.3, 0.4) is 0 Å². The fraction of sp³-hybridized carbons (Fsp3) is 0.694. The van der Waals surface area contributed by atoms with Gasteiger partial charge in [0.2, 0.25) is 5.60 Å². The SMILES string of the molecule is CC(=O)O[C@@H]1[C@]2(OC(C)=O)[C@@H](OC(=O)C(C)C)C34OC5(C)OC3(CC[C@]3(C)C4=CC(=O)O[C@H]3c3ccoc3)[C@]34COC(=O)CC3[C@@]1(C)C[C@]24O5. The first-order chi connectivity index (χ1) is 23.4. The molecule has 7 fully saturated rings. The van der Waals surface area contributed by atoms with Crippen LogP contribution in [0.5, 0.6) is 0 Å². The molecule has 3 spiro atoms. The molecule has 9 rings (SSSR count). The van der Waals surface area contributed by atoms with Gasteiger partial charge in [0.1, 0.15) is 23.9 Å². The van der Waals surface area contributed by atoms with E-state index >= 15 is 0 Å². The molecule has 12 atom stereocenters. The zero-order valence-corrected chi connectivity index (χ0v) is 28.9. The number of ether oxygens (including phenoxy) is 8. The number of carbonyl (C=O) groups excluding carboxylic acids is 5. The van der Waals surface area contributed by atoms with Gasteiger partial charge in [0.25, 0.3) is 5.97 Å². The summed E-state index contributed by atoms with van der Waals surface area (Å²) in [5, 5.41) is 0. The number of carbonyl (C=O) groups is 5. The molecule has 1 aromatic heterocycles. The monoisotopic (exact) mass is 696 g/mol. The van der Waals surface area contributed by atoms with Crippen LogP contribution in [0.2, 0.25) is 0 Å². The lowest BCUT2D eigenvalue weighted by molar-refractivity contribution is -0.482. The third-order valence-electron chi connectivity index (χ3n) is 13.6. The van der Waals surface area contributed by atoms with Gasteiger partial charge in [-0.25, -0.2) is 4.79 Å². The Labute approximate surface area is 287 Å². The summed E-state index contributed by atoms with van der Waals surface area (Å²) in [7, 11) is 0. The standard InChI is InChI=1S/C36H40O14/c1-17(2)26(41)46-28-35-22-13-24(40)45-25(20-8-11-42-14-20)29(22,5)9-10-33(35)32-16-43-23(39)12-21(32)30(6)15-34(32,49-31(7,48-33)50-35)36(28,47-19(4)38)27(30)44-18(3)37/h8,11,13-14,17,21,25,27-28H,9-10,12,15-16H2,1-7H3/t21?,25-,27-,28-,29+,30+,31?,32-,33?,34+,35?,36-/m0/s1. The van der Waals surface area contributed by atoms with Gasteiger partial charge in [-0.15, -0.1) is 0 Å². The molecule has 0 amide bonds. The van der Waals surface area contributed by atoms with Gasteiger partial charge in [-0.1, -0.05) is 27.7 Å². The number of hydrogen-bond acceptors (Lipinski definition) is 14. The third-order valence-corrected chi connectivity index (χ3v) is 13.6. The summed E-state index contributed by atoms with van der Waals surface area (Å²) in [5.41, 5.74) is -9.55. The summed E-state index contributed by atoms with van der Waals surface area (Å²) in [6.45, 7) is 11.0. The molecule has 268 valence electrons. The zero-order valence-electron chi connectivity index (χ0n) is 28.9. The second-order valence-corrected chi connectivity index (χ2v) is 16.3. The Kier molecular flexibility index (Phi) is 5.91. The molecule has 4 aliphatic heterocycles. The maximum absolute atomic E-state index is 14.1. The van der Waals surface area contributed by atoms with Gasteiger partial charge in [0, 0.05) is 49.7 Å². The molecule has 4 saturated carbocycles. The fourth-order valence-electron chi connectivity index (χ4n) is 12.5. The van der Waals surface area contributed by atoms with Crippen LogP contribution >= 0.6 is 0 Å². The highest BCUT2D eigenvalue weighted by molar-refractivity contribution is 5.86. The van der Waals surface area contributed by atoms with E-state index in [-0.39, 0.29) is 25.9 Å². The van der Waals surface area contributed by atoms with Crippen molar-refractivity contribution >= 4 is 29.8 Å². The number of fused-ring (bicyclic) bond motifs is 4. The van der Waals surface area contributed by atoms with E-state index in [4.69, 9.17) is 42.3 Å². The summed E-state index contributed by atoms with van der Waals surface area (Å²) in [6, 6.07) is 1.71. The highest BCUT2D eigenvalue weighted by Crippen LogP contribution is 2.90. The van der Waals surface area contributed by atoms with Gasteiger partial charge in [-0.05, 0) is 36.8 Å². The number of rotatable bonds is 5. The predicted octanol–water partition coefficient (Wildman–Crippen LogP) is 3.36. The minimum absolute atomic E-state index is 0.0835. The van der Waals surface area contributed by atoms with Gasteiger partial charge >= 0.3 is 29.8 Å². The first kappa shape index (κ1) is 32.2. The van der Waals surface area contributed by atoms with Crippen LogP contribution in [-0.4, -0.2) is 77.0 Å². The number of furan rings is 1. The maximum Gasteiger partial charge on any atom is 0.331 e. The Balaban J connectivity index is 1.44. The van der Waals surface area contributed by atoms with Crippen molar-refractivity contribution in [1.82, 2.24) is 0 Å². The molecule has 4 bridgehead atoms. The minimum atomic E-state index is -2.07. The van der Waals surface area contributed by atoms with E-state index in [0.29, 0.717) is 17.6 Å². The Hall–Kier alpha value is -3.75. The molecular weight excluding hydrogens is 656 g/mol. The molecule has 1 aromatic rings. The molecule has 3 saturated heterocycles. The van der Waals surface area contributed by atoms with E-state index in [2.05, 4.69) is 0 Å². The molecule has 4 aliphatic carbocycles. The fourth-order valence-corrected chi connectivity index (χ4v) is 12.5. The van der Waals surface area contributed by atoms with Crippen molar-refractivity contribution in [2.75, 3.05) is 6.61 Å². The molecule has 50 heavy (non-hydrogen) atoms. The van der Waals surface area contributed by atoms with Crippen LogP contribution in [0.25, 0.3) is 0 Å². The van der Waals surface area contributed by atoms with E-state index in [9.17, 15) is 24.0 Å². The lowest BCUT2D eigenvalue weighted by Gasteiger charge is -2.76. The van der Waals surface area contributed by atoms with E-state index in [0.717, 1.165) is 0 Å². The van der Waals surface area contributed by atoms with Gasteiger partial charge in [-0.3, -0.25) is 19.2 Å². The van der Waals surface area contributed by atoms with Crippen molar-refractivity contribution in [3.05, 3.63) is 35.8 Å².